The molecule has 0 heterocycles. The molecule has 0 fully saturated rings. The third-order valence-electron chi connectivity index (χ3n) is 1.34. The number of nitrogens with zero attached hydrogens (tertiary/aromatic N) is 1. The molecular formula is C10H27NSi2. The molecule has 0 N–H and O–H groups in total. The Morgan fingerprint density at radius 3 is 1.31 bits per heavy atom. The fourth-order valence-electron chi connectivity index (χ4n) is 1.26. The molecule has 1 nitrogen and oxygen atoms in total. The lowest BCUT2D eigenvalue weighted by Gasteiger charge is -2.52. The third kappa shape index (κ3) is 3.96. The van der Waals surface area contributed by atoms with Crippen LogP contribution < -0.4 is 0 Å². The van der Waals surface area contributed by atoms with Gasteiger partial charge in [-0.3, -0.25) is 0 Å². The normalized spacial score (nSPS) is 41.5. The molecule has 0 unspecified atom stereocenters. The Morgan fingerprint density at radius 2 is 1.15 bits per heavy atom. The summed E-state index contributed by atoms with van der Waals surface area (Å²) in [4.78, 5) is 0. The smallest absolute Gasteiger partial charge is 0.112 e. The molecule has 0 amide bonds. The summed E-state index contributed by atoms with van der Waals surface area (Å²) in [5.41, 5.74) is -2.08. The van der Waals surface area contributed by atoms with Crippen molar-refractivity contribution in [3.8, 4) is 0 Å². The van der Waals surface area contributed by atoms with Crippen molar-refractivity contribution in [2.24, 2.45) is 0 Å². The van der Waals surface area contributed by atoms with Gasteiger partial charge in [-0.05, 0) is 26.3 Å². The minimum atomic E-state index is -6.31. The summed E-state index contributed by atoms with van der Waals surface area (Å²) in [6.45, 7) is -20.3. The Hall–Kier alpha value is 0.394. The van der Waals surface area contributed by atoms with Crippen LogP contribution in [0.25, 0.3) is 0 Å². The van der Waals surface area contributed by atoms with Crippen molar-refractivity contribution in [3.05, 3.63) is 0 Å². The Bertz CT molecular complexity index is 516. The molecule has 0 aromatic heterocycles. The largest absolute Gasteiger partial charge is 0.341 e. The maximum Gasteiger partial charge on any atom is 0.112 e. The Kier molecular flexibility index (Phi) is 0.602. The number of hydrogen-bond donors (Lipinski definition) is 0. The fourth-order valence-corrected chi connectivity index (χ4v) is 5.28. The summed E-state index contributed by atoms with van der Waals surface area (Å²) in [6, 6.07) is 0. The first kappa shape index (κ1) is 2.23. The molecule has 80 valence electrons. The van der Waals surface area contributed by atoms with Crippen molar-refractivity contribution in [2.75, 3.05) is 0 Å². The molecular weight excluding hydrogens is 190 g/mol. The lowest BCUT2D eigenvalue weighted by Crippen LogP contribution is -2.66. The zero-order valence-electron chi connectivity index (χ0n) is 25.9. The molecule has 0 aliphatic heterocycles. The molecule has 3 heteroatoms. The van der Waals surface area contributed by atoms with Crippen LogP contribution in [0.5, 0.6) is 0 Å². The van der Waals surface area contributed by atoms with Gasteiger partial charge in [0.25, 0.3) is 0 Å². The van der Waals surface area contributed by atoms with Gasteiger partial charge < -0.3 is 4.23 Å². The highest BCUT2D eigenvalue weighted by Crippen LogP contribution is 2.28. The Labute approximate surface area is 112 Å². The predicted molar refractivity (Wildman–Crippen MR) is 68.3 cm³/mol. The van der Waals surface area contributed by atoms with Gasteiger partial charge in [0.05, 0.1) is 0 Å². The molecule has 0 aromatic carbocycles. The van der Waals surface area contributed by atoms with E-state index in [9.17, 15) is 0 Å². The average Bonchev–Trinajstić information content (AvgIpc) is 2.25. The van der Waals surface area contributed by atoms with Crippen LogP contribution in [-0.4, -0.2) is 26.2 Å². The lowest BCUT2D eigenvalue weighted by molar-refractivity contribution is 0.349. The molecule has 0 aliphatic carbocycles. The highest BCUT2D eigenvalue weighted by molar-refractivity contribution is 6.89. The van der Waals surface area contributed by atoms with E-state index in [0.29, 0.717) is 0 Å². The molecule has 0 rings (SSSR count). The topological polar surface area (TPSA) is 3.24 Å². The van der Waals surface area contributed by atoms with E-state index >= 15 is 0 Å². The molecule has 13 heavy (non-hydrogen) atoms. The van der Waals surface area contributed by atoms with Crippen molar-refractivity contribution < 1.29 is 24.7 Å². The maximum atomic E-state index is 7.96. The van der Waals surface area contributed by atoms with Crippen LogP contribution in [0.1, 0.15) is 45.4 Å². The van der Waals surface area contributed by atoms with Gasteiger partial charge in [-0.2, -0.15) is 0 Å². The third-order valence-corrected chi connectivity index (χ3v) is 6.04. The Morgan fingerprint density at radius 1 is 0.846 bits per heavy atom. The monoisotopic (exact) mass is 235 g/mol. The van der Waals surface area contributed by atoms with Crippen molar-refractivity contribution in [1.82, 2.24) is 4.23 Å². The summed E-state index contributed by atoms with van der Waals surface area (Å²) in [6.07, 6.45) is 0. The molecule has 0 spiro atoms. The summed E-state index contributed by atoms with van der Waals surface area (Å²) in [5.74, 6) is 0. The van der Waals surface area contributed by atoms with Crippen LogP contribution in [0.2, 0.25) is 38.9 Å². The highest BCUT2D eigenvalue weighted by atomic mass is 28.4. The van der Waals surface area contributed by atoms with Crippen molar-refractivity contribution in [3.63, 3.8) is 0 Å². The van der Waals surface area contributed by atoms with Gasteiger partial charge in [-0.15, -0.1) is 0 Å². The van der Waals surface area contributed by atoms with Gasteiger partial charge in [0.1, 0.15) is 16.5 Å². The summed E-state index contributed by atoms with van der Waals surface area (Å²) >= 11 is 0. The van der Waals surface area contributed by atoms with Crippen LogP contribution in [0, 0.1) is 0 Å². The van der Waals surface area contributed by atoms with Crippen LogP contribution in [-0.2, 0) is 0 Å². The van der Waals surface area contributed by atoms with Gasteiger partial charge >= 0.3 is 0 Å². The molecule has 0 bridgehead atoms. The number of rotatable bonds is 2. The van der Waals surface area contributed by atoms with Crippen molar-refractivity contribution >= 4 is 16.5 Å². The van der Waals surface area contributed by atoms with Crippen LogP contribution in [0.4, 0.5) is 0 Å². The van der Waals surface area contributed by atoms with Gasteiger partial charge in [0, 0.05) is 24.7 Å². The van der Waals surface area contributed by atoms with E-state index in [0.717, 1.165) is 20.8 Å². The minimum Gasteiger partial charge on any atom is -0.341 e. The molecule has 0 saturated heterocycles. The van der Waals surface area contributed by atoms with E-state index in [1.54, 1.807) is 0 Å². The van der Waals surface area contributed by atoms with E-state index in [2.05, 4.69) is 0 Å². The second kappa shape index (κ2) is 3.52. The van der Waals surface area contributed by atoms with Crippen LogP contribution in [0.3, 0.4) is 0 Å². The second-order valence-corrected chi connectivity index (χ2v) is 8.11. The summed E-state index contributed by atoms with van der Waals surface area (Å²) in [5, 5.41) is 0. The minimum absolute atomic E-state index is 0.0347. The average molecular weight is 236 g/mol. The van der Waals surface area contributed by atoms with E-state index < -0.39 is 60.9 Å². The maximum absolute atomic E-state index is 7.96. The van der Waals surface area contributed by atoms with Crippen LogP contribution in [0.15, 0.2) is 0 Å². The fraction of sp³-hybridized carbons (Fsp3) is 1.00. The molecule has 0 aromatic rings. The number of hydrogen-bond acceptors (Lipinski definition) is 1. The van der Waals surface area contributed by atoms with E-state index in [1.165, 1.54) is 0 Å². The predicted octanol–water partition coefficient (Wildman–Crippen LogP) is 3.76. The first-order chi connectivity index (χ1) is 12.9. The van der Waals surface area contributed by atoms with Crippen molar-refractivity contribution in [2.45, 2.75) is 65.2 Å². The quantitative estimate of drug-likeness (QED) is 0.659. The zero-order valence-corrected chi connectivity index (χ0v) is 9.95. The first-order valence-corrected chi connectivity index (χ1v) is 7.57. The van der Waals surface area contributed by atoms with Crippen LogP contribution >= 0.6 is 0 Å². The Balaban J connectivity index is 8.55. The molecule has 0 aliphatic rings. The van der Waals surface area contributed by atoms with E-state index in [4.69, 9.17) is 24.7 Å². The van der Waals surface area contributed by atoms with Gasteiger partial charge in [-0.1, -0.05) is 38.9 Å². The molecule has 0 atom stereocenters. The first-order valence-electron chi connectivity index (χ1n) is 12.7. The van der Waals surface area contributed by atoms with Gasteiger partial charge in [-0.25, -0.2) is 0 Å². The zero-order chi connectivity index (χ0) is 26.1. The SMILES string of the molecule is [2H]C([2H])([2H])[Si](N(C(C)(C)C)[Si](C([2H])([2H])[2H])(C([2H])([2H])[2H])C([2H])([2H])[2H])(C([2H])([2H])[2H])C([2H])([2H])[2H]. The standard InChI is InChI=1S/C10H27NSi2/c1-10(2,3)11(12(4,5)6)13(7,8)9/h1-9H3/i4D3,5D3,6D3,7D3,8D3,9D3. The van der Waals surface area contributed by atoms with Gasteiger partial charge in [0.15, 0.2) is 0 Å². The second-order valence-electron chi connectivity index (χ2n) is 3.93. The summed E-state index contributed by atoms with van der Waals surface area (Å²) in [7, 11) is -12.6. The van der Waals surface area contributed by atoms with Crippen molar-refractivity contribution in [1.29, 1.82) is 0 Å². The highest BCUT2D eigenvalue weighted by Gasteiger charge is 2.40. The van der Waals surface area contributed by atoms with Gasteiger partial charge in [0.2, 0.25) is 0 Å². The van der Waals surface area contributed by atoms with E-state index in [-0.39, 0.29) is 4.23 Å². The molecule has 0 radical (unpaired) electrons. The van der Waals surface area contributed by atoms with E-state index in [1.807, 2.05) is 0 Å². The lowest BCUT2D eigenvalue weighted by atomic mass is 10.1. The molecule has 0 saturated carbocycles. The summed E-state index contributed by atoms with van der Waals surface area (Å²) < 4.78 is 143.